The van der Waals surface area contributed by atoms with Gasteiger partial charge < -0.3 is 26.0 Å². The molecule has 78 valence electrons. The first-order valence-corrected chi connectivity index (χ1v) is 4.02. The lowest BCUT2D eigenvalue weighted by atomic mass is 10.2. The van der Waals surface area contributed by atoms with E-state index in [0.717, 1.165) is 0 Å². The first kappa shape index (κ1) is 10.4. The summed E-state index contributed by atoms with van der Waals surface area (Å²) in [6.07, 6.45) is 2.77. The summed E-state index contributed by atoms with van der Waals surface area (Å²) in [4.78, 5) is 11.9. The van der Waals surface area contributed by atoms with Gasteiger partial charge in [-0.15, -0.1) is 0 Å². The van der Waals surface area contributed by atoms with Crippen molar-refractivity contribution >= 4 is 5.97 Å². The van der Waals surface area contributed by atoms with Crippen LogP contribution in [0.2, 0.25) is 0 Å². The Hall–Kier alpha value is -1.69. The smallest absolute Gasteiger partial charge is 0.322 e. The van der Waals surface area contributed by atoms with E-state index >= 15 is 0 Å². The zero-order valence-corrected chi connectivity index (χ0v) is 7.42. The lowest BCUT2D eigenvalue weighted by Crippen LogP contribution is -2.42. The molecule has 5 N–H and O–H groups in total. The predicted molar refractivity (Wildman–Crippen MR) is 48.6 cm³/mol. The van der Waals surface area contributed by atoms with E-state index in [1.54, 1.807) is 0 Å². The van der Waals surface area contributed by atoms with E-state index in [-0.39, 0.29) is 24.6 Å². The van der Waals surface area contributed by atoms with E-state index in [2.05, 4.69) is 0 Å². The highest BCUT2D eigenvalue weighted by atomic mass is 16.4. The fraction of sp³-hybridized carbons (Fsp3) is 0.375. The Bertz CT molecular complexity index is 298. The molecule has 0 aromatic carbocycles. The second-order valence-electron chi connectivity index (χ2n) is 3.02. The van der Waals surface area contributed by atoms with Crippen LogP contribution in [0.25, 0.3) is 0 Å². The SMILES string of the molecule is N[C@@H](CN1C=CC(O)=C(O)C1)C(=O)O. The van der Waals surface area contributed by atoms with Crippen molar-refractivity contribution in [3.63, 3.8) is 0 Å². The molecule has 1 aliphatic heterocycles. The minimum absolute atomic E-state index is 0.0727. The van der Waals surface area contributed by atoms with Crippen LogP contribution in [-0.4, -0.2) is 45.3 Å². The molecule has 0 fully saturated rings. The van der Waals surface area contributed by atoms with Crippen LogP contribution in [0.4, 0.5) is 0 Å². The van der Waals surface area contributed by atoms with Crippen molar-refractivity contribution in [2.75, 3.05) is 13.1 Å². The van der Waals surface area contributed by atoms with Gasteiger partial charge in [0, 0.05) is 12.7 Å². The molecule has 0 aromatic heterocycles. The summed E-state index contributed by atoms with van der Waals surface area (Å²) in [5.41, 5.74) is 5.29. The van der Waals surface area contributed by atoms with Crippen LogP contribution >= 0.6 is 0 Å². The molecule has 0 aromatic rings. The molecule has 0 radical (unpaired) electrons. The Morgan fingerprint density at radius 2 is 2.29 bits per heavy atom. The zero-order valence-electron chi connectivity index (χ0n) is 7.42. The number of rotatable bonds is 3. The molecule has 14 heavy (non-hydrogen) atoms. The molecule has 0 unspecified atom stereocenters. The standard InChI is InChI=1S/C8H12N2O4/c9-5(8(13)14)3-10-2-1-6(11)7(12)4-10/h1-2,5,11-12H,3-4,9H2,(H,13,14)/t5-/m0/s1. The van der Waals surface area contributed by atoms with Crippen LogP contribution in [0.3, 0.4) is 0 Å². The Morgan fingerprint density at radius 3 is 2.79 bits per heavy atom. The third-order valence-electron chi connectivity index (χ3n) is 1.84. The van der Waals surface area contributed by atoms with Crippen LogP contribution in [0.15, 0.2) is 23.8 Å². The summed E-state index contributed by atoms with van der Waals surface area (Å²) in [6.45, 7) is 0.159. The number of aliphatic carboxylic acids is 1. The third kappa shape index (κ3) is 2.40. The van der Waals surface area contributed by atoms with E-state index in [1.165, 1.54) is 17.2 Å². The zero-order chi connectivity index (χ0) is 10.7. The molecule has 0 aliphatic carbocycles. The topological polar surface area (TPSA) is 107 Å². The molecule has 6 heteroatoms. The highest BCUT2D eigenvalue weighted by Gasteiger charge is 2.18. The Morgan fingerprint density at radius 1 is 1.64 bits per heavy atom. The van der Waals surface area contributed by atoms with E-state index in [0.29, 0.717) is 0 Å². The number of hydrogen-bond acceptors (Lipinski definition) is 5. The highest BCUT2D eigenvalue weighted by molar-refractivity contribution is 5.73. The minimum atomic E-state index is -1.10. The van der Waals surface area contributed by atoms with Crippen LogP contribution in [0, 0.1) is 0 Å². The molecule has 0 spiro atoms. The second-order valence-corrected chi connectivity index (χ2v) is 3.02. The maximum atomic E-state index is 10.4. The van der Waals surface area contributed by atoms with Crippen molar-refractivity contribution in [2.45, 2.75) is 6.04 Å². The number of aliphatic hydroxyl groups excluding tert-OH is 2. The monoisotopic (exact) mass is 200 g/mol. The van der Waals surface area contributed by atoms with Gasteiger partial charge in [-0.1, -0.05) is 0 Å². The van der Waals surface area contributed by atoms with Gasteiger partial charge in [0.1, 0.15) is 6.04 Å². The van der Waals surface area contributed by atoms with Gasteiger partial charge in [-0.2, -0.15) is 0 Å². The number of carbonyl (C=O) groups is 1. The fourth-order valence-corrected chi connectivity index (χ4v) is 1.05. The molecule has 1 heterocycles. The Balaban J connectivity index is 2.52. The maximum absolute atomic E-state index is 10.4. The summed E-state index contributed by atoms with van der Waals surface area (Å²) in [6, 6.07) is -1.01. The average molecular weight is 200 g/mol. The van der Waals surface area contributed by atoms with Crippen molar-refractivity contribution in [1.82, 2.24) is 4.90 Å². The van der Waals surface area contributed by atoms with Crippen LogP contribution in [-0.2, 0) is 4.79 Å². The summed E-state index contributed by atoms with van der Waals surface area (Å²) < 4.78 is 0. The van der Waals surface area contributed by atoms with E-state index in [4.69, 9.17) is 21.1 Å². The number of aliphatic hydroxyl groups is 2. The highest BCUT2D eigenvalue weighted by Crippen LogP contribution is 2.10. The summed E-state index contributed by atoms with van der Waals surface area (Å²) in [5.74, 6) is -1.49. The van der Waals surface area contributed by atoms with Crippen molar-refractivity contribution in [2.24, 2.45) is 5.73 Å². The van der Waals surface area contributed by atoms with E-state index in [9.17, 15) is 4.79 Å². The second kappa shape index (κ2) is 4.01. The molecule has 1 aliphatic rings. The van der Waals surface area contributed by atoms with Crippen molar-refractivity contribution in [3.05, 3.63) is 23.8 Å². The summed E-state index contributed by atoms with van der Waals surface area (Å²) in [5, 5.41) is 26.7. The first-order chi connectivity index (χ1) is 6.50. The molecule has 0 bridgehead atoms. The van der Waals surface area contributed by atoms with Crippen LogP contribution < -0.4 is 5.73 Å². The minimum Gasteiger partial charge on any atom is -0.507 e. The number of nitrogens with two attached hydrogens (primary N) is 1. The van der Waals surface area contributed by atoms with Crippen molar-refractivity contribution < 1.29 is 20.1 Å². The van der Waals surface area contributed by atoms with Crippen LogP contribution in [0.5, 0.6) is 0 Å². The van der Waals surface area contributed by atoms with E-state index in [1.807, 2.05) is 0 Å². The Kier molecular flexibility index (Phi) is 2.98. The molecule has 6 nitrogen and oxygen atoms in total. The molecule has 1 rings (SSSR count). The maximum Gasteiger partial charge on any atom is 0.322 e. The van der Waals surface area contributed by atoms with Gasteiger partial charge >= 0.3 is 5.97 Å². The van der Waals surface area contributed by atoms with Gasteiger partial charge in [0.15, 0.2) is 11.5 Å². The summed E-state index contributed by atoms with van der Waals surface area (Å²) >= 11 is 0. The van der Waals surface area contributed by atoms with Crippen molar-refractivity contribution in [1.29, 1.82) is 0 Å². The largest absolute Gasteiger partial charge is 0.507 e. The molecule has 0 amide bonds. The number of hydrogen-bond donors (Lipinski definition) is 4. The third-order valence-corrected chi connectivity index (χ3v) is 1.84. The lowest BCUT2D eigenvalue weighted by molar-refractivity contribution is -0.138. The lowest BCUT2D eigenvalue weighted by Gasteiger charge is -2.24. The van der Waals surface area contributed by atoms with Crippen molar-refractivity contribution in [3.8, 4) is 0 Å². The number of nitrogens with zero attached hydrogens (tertiary/aromatic N) is 1. The fourth-order valence-electron chi connectivity index (χ4n) is 1.05. The Labute approximate surface area is 80.6 Å². The molecular weight excluding hydrogens is 188 g/mol. The van der Waals surface area contributed by atoms with Gasteiger partial charge in [-0.25, -0.2) is 0 Å². The summed E-state index contributed by atoms with van der Waals surface area (Å²) in [7, 11) is 0. The van der Waals surface area contributed by atoms with Crippen LogP contribution in [0.1, 0.15) is 0 Å². The van der Waals surface area contributed by atoms with Gasteiger partial charge in [0.25, 0.3) is 0 Å². The van der Waals surface area contributed by atoms with Gasteiger partial charge in [-0.3, -0.25) is 4.79 Å². The van der Waals surface area contributed by atoms with Gasteiger partial charge in [-0.05, 0) is 6.08 Å². The molecule has 0 saturated carbocycles. The predicted octanol–water partition coefficient (Wildman–Crippen LogP) is -0.445. The van der Waals surface area contributed by atoms with Gasteiger partial charge in [0.05, 0.1) is 6.54 Å². The van der Waals surface area contributed by atoms with E-state index < -0.39 is 12.0 Å². The molecule has 1 atom stereocenters. The number of carboxylic acids is 1. The number of allylic oxidation sites excluding steroid dienone is 1. The average Bonchev–Trinajstić information content (AvgIpc) is 2.11. The molecule has 0 saturated heterocycles. The number of carboxylic acid groups (broad SMARTS) is 1. The first-order valence-electron chi connectivity index (χ1n) is 4.02. The quantitative estimate of drug-likeness (QED) is 0.491. The molecular formula is C8H12N2O4. The van der Waals surface area contributed by atoms with Gasteiger partial charge in [0.2, 0.25) is 0 Å². The normalized spacial score (nSPS) is 18.5.